The van der Waals surface area contributed by atoms with E-state index in [-0.39, 0.29) is 0 Å². The smallest absolute Gasteiger partial charge is 0.119 e. The van der Waals surface area contributed by atoms with E-state index in [0.29, 0.717) is 12.0 Å². The minimum Gasteiger partial charge on any atom is -0.493 e. The lowest BCUT2D eigenvalue weighted by molar-refractivity contribution is 0.234. The van der Waals surface area contributed by atoms with Crippen LogP contribution in [0.25, 0.3) is 0 Å². The highest BCUT2D eigenvalue weighted by atomic mass is 32.2. The Morgan fingerprint density at radius 1 is 1.23 bits per heavy atom. The number of hydrogen-bond acceptors (Lipinski definition) is 4. The topological polar surface area (TPSA) is 36.3 Å². The predicted molar refractivity (Wildman–Crippen MR) is 108 cm³/mol. The highest BCUT2D eigenvalue weighted by Gasteiger charge is 2.29. The number of nitriles is 1. The molecule has 2 aromatic carbocycles. The predicted octanol–water partition coefficient (Wildman–Crippen LogP) is 4.61. The average Bonchev–Trinajstić information content (AvgIpc) is 3.05. The Labute approximate surface area is 161 Å². The zero-order valence-electron chi connectivity index (χ0n) is 15.5. The van der Waals surface area contributed by atoms with E-state index in [9.17, 15) is 0 Å². The van der Waals surface area contributed by atoms with Crippen LogP contribution in [0.5, 0.6) is 5.75 Å². The molecule has 0 spiro atoms. The summed E-state index contributed by atoms with van der Waals surface area (Å²) in [6.07, 6.45) is 4.26. The van der Waals surface area contributed by atoms with Crippen molar-refractivity contribution >= 4 is 11.8 Å². The molecule has 1 aliphatic rings. The van der Waals surface area contributed by atoms with E-state index in [0.717, 1.165) is 37.4 Å². The minimum absolute atomic E-state index is 0.579. The summed E-state index contributed by atoms with van der Waals surface area (Å²) in [6.45, 7) is 5.21. The van der Waals surface area contributed by atoms with Crippen molar-refractivity contribution in [2.24, 2.45) is 5.92 Å². The van der Waals surface area contributed by atoms with E-state index in [1.165, 1.54) is 16.9 Å². The van der Waals surface area contributed by atoms with Crippen molar-refractivity contribution in [3.63, 3.8) is 0 Å². The summed E-state index contributed by atoms with van der Waals surface area (Å²) in [5.74, 6) is 1.54. The normalized spacial score (nSPS) is 20.0. The molecule has 0 N–H and O–H groups in total. The molecule has 1 fully saturated rings. The lowest BCUT2D eigenvalue weighted by Crippen LogP contribution is -2.29. The second kappa shape index (κ2) is 9.12. The molecule has 3 nitrogen and oxygen atoms in total. The van der Waals surface area contributed by atoms with E-state index in [4.69, 9.17) is 10.00 Å². The molecule has 0 aromatic heterocycles. The van der Waals surface area contributed by atoms with Crippen LogP contribution in [-0.2, 0) is 6.42 Å². The van der Waals surface area contributed by atoms with Crippen molar-refractivity contribution in [3.8, 4) is 11.8 Å². The first-order valence-corrected chi connectivity index (χ1v) is 10.4. The van der Waals surface area contributed by atoms with E-state index in [1.807, 2.05) is 18.2 Å². The quantitative estimate of drug-likeness (QED) is 0.670. The lowest BCUT2D eigenvalue weighted by Gasteiger charge is -2.21. The van der Waals surface area contributed by atoms with Gasteiger partial charge in [0.25, 0.3) is 0 Å². The minimum atomic E-state index is 0.579. The number of hydrogen-bond donors (Lipinski definition) is 0. The van der Waals surface area contributed by atoms with Crippen molar-refractivity contribution in [1.29, 1.82) is 5.26 Å². The van der Waals surface area contributed by atoms with Gasteiger partial charge in [0.1, 0.15) is 5.75 Å². The highest BCUT2D eigenvalue weighted by molar-refractivity contribution is 7.98. The molecule has 0 radical (unpaired) electrons. The van der Waals surface area contributed by atoms with E-state index in [1.54, 1.807) is 11.8 Å². The summed E-state index contributed by atoms with van der Waals surface area (Å²) in [5, 5.41) is 9.03. The van der Waals surface area contributed by atoms with Crippen molar-refractivity contribution in [1.82, 2.24) is 4.90 Å². The molecular weight excluding hydrogens is 340 g/mol. The highest BCUT2D eigenvalue weighted by Crippen LogP contribution is 2.25. The molecule has 2 unspecified atom stereocenters. The maximum Gasteiger partial charge on any atom is 0.119 e. The second-order valence-corrected chi connectivity index (χ2v) is 7.87. The fourth-order valence-corrected chi connectivity index (χ4v) is 4.01. The molecule has 1 heterocycles. The Bertz CT molecular complexity index is 753. The summed E-state index contributed by atoms with van der Waals surface area (Å²) in [7, 11) is 0. The Morgan fingerprint density at radius 2 is 2.04 bits per heavy atom. The number of thioether (sulfide) groups is 1. The van der Waals surface area contributed by atoms with Gasteiger partial charge in [-0.3, -0.25) is 4.90 Å². The van der Waals surface area contributed by atoms with Crippen molar-refractivity contribution < 1.29 is 4.74 Å². The second-order valence-electron chi connectivity index (χ2n) is 6.99. The van der Waals surface area contributed by atoms with Crippen LogP contribution < -0.4 is 4.74 Å². The number of rotatable bonds is 7. The van der Waals surface area contributed by atoms with Gasteiger partial charge in [-0.05, 0) is 68.0 Å². The maximum absolute atomic E-state index is 9.03. The Balaban J connectivity index is 1.47. The molecule has 1 saturated heterocycles. The van der Waals surface area contributed by atoms with Gasteiger partial charge in [0.15, 0.2) is 0 Å². The largest absolute Gasteiger partial charge is 0.493 e. The Kier molecular flexibility index (Phi) is 6.60. The number of likely N-dealkylation sites (tertiary alicyclic amines) is 1. The SMILES string of the molecule is CSc1ccc(OCC2CC(C)N(CCc3cccc(C#N)c3)C2)cc1. The Hall–Kier alpha value is -1.96. The number of nitrogens with zero attached hydrogens (tertiary/aromatic N) is 2. The molecule has 0 amide bonds. The molecule has 0 saturated carbocycles. The molecule has 3 rings (SSSR count). The fourth-order valence-electron chi connectivity index (χ4n) is 3.61. The molecule has 2 atom stereocenters. The first-order chi connectivity index (χ1) is 12.7. The van der Waals surface area contributed by atoms with Crippen LogP contribution >= 0.6 is 11.8 Å². The zero-order chi connectivity index (χ0) is 18.4. The van der Waals surface area contributed by atoms with Crippen LogP contribution in [0, 0.1) is 17.2 Å². The van der Waals surface area contributed by atoms with Crippen LogP contribution in [0.1, 0.15) is 24.5 Å². The van der Waals surface area contributed by atoms with Gasteiger partial charge in [-0.2, -0.15) is 5.26 Å². The van der Waals surface area contributed by atoms with Gasteiger partial charge < -0.3 is 4.74 Å². The number of ether oxygens (including phenoxy) is 1. The molecule has 2 aromatic rings. The van der Waals surface area contributed by atoms with Gasteiger partial charge in [-0.1, -0.05) is 12.1 Å². The van der Waals surface area contributed by atoms with E-state index in [2.05, 4.69) is 54.5 Å². The third kappa shape index (κ3) is 5.03. The van der Waals surface area contributed by atoms with E-state index >= 15 is 0 Å². The van der Waals surface area contributed by atoms with Gasteiger partial charge in [0.05, 0.1) is 18.2 Å². The molecule has 26 heavy (non-hydrogen) atoms. The van der Waals surface area contributed by atoms with Crippen LogP contribution in [0.3, 0.4) is 0 Å². The van der Waals surface area contributed by atoms with Crippen LogP contribution in [0.4, 0.5) is 0 Å². The van der Waals surface area contributed by atoms with Gasteiger partial charge in [0, 0.05) is 29.9 Å². The summed E-state index contributed by atoms with van der Waals surface area (Å²) < 4.78 is 6.01. The van der Waals surface area contributed by atoms with Crippen molar-refractivity contribution in [3.05, 3.63) is 59.7 Å². The molecule has 1 aliphatic heterocycles. The standard InChI is InChI=1S/C22H26N2OS/c1-17-12-20(16-25-21-6-8-22(26-2)9-7-21)15-24(17)11-10-18-4-3-5-19(13-18)14-23/h3-9,13,17,20H,10-12,15-16H2,1-2H3. The third-order valence-electron chi connectivity index (χ3n) is 5.08. The van der Waals surface area contributed by atoms with Crippen LogP contribution in [-0.4, -0.2) is 36.9 Å². The maximum atomic E-state index is 9.03. The molecule has 0 aliphatic carbocycles. The fraction of sp³-hybridized carbons (Fsp3) is 0.409. The van der Waals surface area contributed by atoms with Crippen LogP contribution in [0.2, 0.25) is 0 Å². The first kappa shape index (κ1) is 18.8. The van der Waals surface area contributed by atoms with Gasteiger partial charge in [-0.15, -0.1) is 11.8 Å². The molecule has 136 valence electrons. The lowest BCUT2D eigenvalue weighted by atomic mass is 10.1. The monoisotopic (exact) mass is 366 g/mol. The average molecular weight is 367 g/mol. The van der Waals surface area contributed by atoms with Gasteiger partial charge >= 0.3 is 0 Å². The van der Waals surface area contributed by atoms with Gasteiger partial charge in [-0.25, -0.2) is 0 Å². The zero-order valence-corrected chi connectivity index (χ0v) is 16.3. The summed E-state index contributed by atoms with van der Waals surface area (Å²) >= 11 is 1.75. The van der Waals surface area contributed by atoms with Crippen molar-refractivity contribution in [2.45, 2.75) is 30.7 Å². The Morgan fingerprint density at radius 3 is 2.77 bits per heavy atom. The van der Waals surface area contributed by atoms with Crippen LogP contribution in [0.15, 0.2) is 53.4 Å². The summed E-state index contributed by atoms with van der Waals surface area (Å²) in [5.41, 5.74) is 1.99. The third-order valence-corrected chi connectivity index (χ3v) is 5.82. The van der Waals surface area contributed by atoms with Crippen molar-refractivity contribution in [2.75, 3.05) is 26.0 Å². The summed E-state index contributed by atoms with van der Waals surface area (Å²) in [6, 6.07) is 19.1. The molecule has 0 bridgehead atoms. The van der Waals surface area contributed by atoms with Gasteiger partial charge in [0.2, 0.25) is 0 Å². The molecule has 4 heteroatoms. The first-order valence-electron chi connectivity index (χ1n) is 9.18. The number of benzene rings is 2. The molecular formula is C22H26N2OS. The summed E-state index contributed by atoms with van der Waals surface area (Å²) in [4.78, 5) is 3.81. The van der Waals surface area contributed by atoms with E-state index < -0.39 is 0 Å².